The third-order valence-corrected chi connectivity index (χ3v) is 7.80. The molecule has 6 nitrogen and oxygen atoms in total. The van der Waals surface area contributed by atoms with Crippen molar-refractivity contribution in [2.75, 3.05) is 39.4 Å². The number of hydrogen-bond donors (Lipinski definition) is 2. The predicted molar refractivity (Wildman–Crippen MR) is 96.3 cm³/mol. The molecule has 1 unspecified atom stereocenters. The maximum absolute atomic E-state index is 12.1. The molecule has 1 aromatic rings. The summed E-state index contributed by atoms with van der Waals surface area (Å²) in [6.45, 7) is 4.95. The first-order chi connectivity index (χ1) is 11.5. The van der Waals surface area contributed by atoms with Gasteiger partial charge >= 0.3 is 0 Å². The van der Waals surface area contributed by atoms with Crippen molar-refractivity contribution < 1.29 is 13.2 Å². The molecule has 2 saturated heterocycles. The molecule has 0 saturated carbocycles. The van der Waals surface area contributed by atoms with E-state index in [0.29, 0.717) is 29.5 Å². The lowest BCUT2D eigenvalue weighted by Gasteiger charge is -2.35. The molecule has 2 aliphatic rings. The highest BCUT2D eigenvalue weighted by molar-refractivity contribution is 7.91. The topological polar surface area (TPSA) is 70.7 Å². The Labute approximate surface area is 152 Å². The van der Waals surface area contributed by atoms with Gasteiger partial charge in [-0.05, 0) is 31.4 Å². The number of nitrogens with zero attached hydrogens (tertiary/aromatic N) is 1. The van der Waals surface area contributed by atoms with Crippen LogP contribution >= 0.6 is 22.9 Å². The molecule has 1 aromatic heterocycles. The second-order valence-corrected chi connectivity index (χ2v) is 9.95. The van der Waals surface area contributed by atoms with E-state index in [1.54, 1.807) is 6.07 Å². The van der Waals surface area contributed by atoms with Gasteiger partial charge in [0.15, 0.2) is 0 Å². The summed E-state index contributed by atoms with van der Waals surface area (Å²) in [5.74, 6) is 0. The minimum Gasteiger partial charge on any atom is -0.380 e. The Hall–Kier alpha value is -0.220. The zero-order valence-corrected chi connectivity index (χ0v) is 15.9. The highest BCUT2D eigenvalue weighted by Gasteiger charge is 2.27. The monoisotopic (exact) mass is 393 g/mol. The Balaban J connectivity index is 1.34. The lowest BCUT2D eigenvalue weighted by molar-refractivity contribution is 0.117. The van der Waals surface area contributed by atoms with Gasteiger partial charge in [0, 0.05) is 44.9 Å². The minimum absolute atomic E-state index is 0.264. The molecule has 2 aliphatic heterocycles. The van der Waals surface area contributed by atoms with Crippen molar-refractivity contribution in [2.45, 2.75) is 35.6 Å². The molecule has 3 heterocycles. The van der Waals surface area contributed by atoms with Crippen LogP contribution < -0.4 is 10.0 Å². The van der Waals surface area contributed by atoms with Gasteiger partial charge in [0.1, 0.15) is 4.21 Å². The van der Waals surface area contributed by atoms with Crippen molar-refractivity contribution in [2.24, 2.45) is 0 Å². The second kappa shape index (κ2) is 8.44. The molecular formula is C15H24ClN3O3S2. The van der Waals surface area contributed by atoms with Crippen LogP contribution in [-0.4, -0.2) is 64.8 Å². The fourth-order valence-corrected chi connectivity index (χ4v) is 5.81. The molecular weight excluding hydrogens is 370 g/mol. The van der Waals surface area contributed by atoms with Crippen LogP contribution in [0.15, 0.2) is 16.3 Å². The molecule has 3 rings (SSSR count). The Bertz CT molecular complexity index is 624. The van der Waals surface area contributed by atoms with Gasteiger partial charge in [0.2, 0.25) is 10.0 Å². The number of halogens is 1. The molecule has 2 N–H and O–H groups in total. The number of thiophene rings is 1. The Kier molecular flexibility index (Phi) is 6.53. The number of ether oxygens (including phenoxy) is 1. The third kappa shape index (κ3) is 4.91. The van der Waals surface area contributed by atoms with E-state index in [-0.39, 0.29) is 4.21 Å². The molecule has 0 aromatic carbocycles. The number of nitrogens with one attached hydrogen (secondary N) is 2. The zero-order chi connectivity index (χ0) is 17.0. The fourth-order valence-electron chi connectivity index (χ4n) is 3.25. The molecule has 2 fully saturated rings. The lowest BCUT2D eigenvalue weighted by atomic mass is 10.0. The van der Waals surface area contributed by atoms with E-state index in [1.165, 1.54) is 6.07 Å². The highest BCUT2D eigenvalue weighted by Crippen LogP contribution is 2.25. The number of rotatable bonds is 7. The average Bonchev–Trinajstić information content (AvgIpc) is 3.24. The van der Waals surface area contributed by atoms with Crippen LogP contribution in [0.25, 0.3) is 0 Å². The Morgan fingerprint density at radius 2 is 2.04 bits per heavy atom. The molecule has 9 heteroatoms. The summed E-state index contributed by atoms with van der Waals surface area (Å²) in [7, 11) is -3.44. The van der Waals surface area contributed by atoms with E-state index >= 15 is 0 Å². The van der Waals surface area contributed by atoms with Crippen LogP contribution in [0.1, 0.15) is 19.3 Å². The third-order valence-electron chi connectivity index (χ3n) is 4.62. The largest absolute Gasteiger partial charge is 0.380 e. The lowest BCUT2D eigenvalue weighted by Crippen LogP contribution is -2.48. The molecule has 1 atom stereocenters. The maximum atomic E-state index is 12.1. The van der Waals surface area contributed by atoms with E-state index in [9.17, 15) is 8.42 Å². The Morgan fingerprint density at radius 3 is 2.67 bits per heavy atom. The van der Waals surface area contributed by atoms with Crippen LogP contribution in [0, 0.1) is 0 Å². The second-order valence-electron chi connectivity index (χ2n) is 6.24. The summed E-state index contributed by atoms with van der Waals surface area (Å²) in [4.78, 5) is 2.52. The Morgan fingerprint density at radius 1 is 1.25 bits per heavy atom. The van der Waals surface area contributed by atoms with E-state index in [2.05, 4.69) is 14.9 Å². The average molecular weight is 394 g/mol. The highest BCUT2D eigenvalue weighted by atomic mass is 35.5. The smallest absolute Gasteiger partial charge is 0.250 e. The SMILES string of the molecule is O=S(=O)(NCCNC1CCN(C2CCOC2)CC1)c1ccc(Cl)s1. The summed E-state index contributed by atoms with van der Waals surface area (Å²) in [5.41, 5.74) is 0. The van der Waals surface area contributed by atoms with Crippen molar-refractivity contribution in [3.8, 4) is 0 Å². The van der Waals surface area contributed by atoms with E-state index in [4.69, 9.17) is 16.3 Å². The first-order valence-corrected chi connectivity index (χ1v) is 11.0. The van der Waals surface area contributed by atoms with Crippen LogP contribution in [-0.2, 0) is 14.8 Å². The number of hydrogen-bond acceptors (Lipinski definition) is 6. The summed E-state index contributed by atoms with van der Waals surface area (Å²) in [6.07, 6.45) is 3.35. The summed E-state index contributed by atoms with van der Waals surface area (Å²) in [5, 5.41) is 3.45. The molecule has 0 bridgehead atoms. The minimum atomic E-state index is -3.44. The summed E-state index contributed by atoms with van der Waals surface area (Å²) in [6, 6.07) is 4.19. The van der Waals surface area contributed by atoms with Gasteiger partial charge in [0.25, 0.3) is 0 Å². The van der Waals surface area contributed by atoms with Gasteiger partial charge in [-0.15, -0.1) is 11.3 Å². The standard InChI is InChI=1S/C15H24ClN3O3S2/c16-14-1-2-15(23-14)24(20,21)18-7-6-17-12-3-8-19(9-4-12)13-5-10-22-11-13/h1-2,12-13,17-18H,3-11H2. The van der Waals surface area contributed by atoms with E-state index < -0.39 is 10.0 Å². The van der Waals surface area contributed by atoms with Crippen LogP contribution in [0.2, 0.25) is 4.34 Å². The first kappa shape index (κ1) is 18.6. The fraction of sp³-hybridized carbons (Fsp3) is 0.733. The van der Waals surface area contributed by atoms with Gasteiger partial charge in [-0.25, -0.2) is 13.1 Å². The zero-order valence-electron chi connectivity index (χ0n) is 13.5. The van der Waals surface area contributed by atoms with Crippen molar-refractivity contribution >= 4 is 33.0 Å². The van der Waals surface area contributed by atoms with Gasteiger partial charge in [-0.2, -0.15) is 0 Å². The van der Waals surface area contributed by atoms with E-state index in [0.717, 1.165) is 56.9 Å². The molecule has 0 radical (unpaired) electrons. The van der Waals surface area contributed by atoms with Crippen LogP contribution in [0.3, 0.4) is 0 Å². The van der Waals surface area contributed by atoms with Crippen molar-refractivity contribution in [3.63, 3.8) is 0 Å². The van der Waals surface area contributed by atoms with Crippen LogP contribution in [0.4, 0.5) is 0 Å². The maximum Gasteiger partial charge on any atom is 0.250 e. The molecule has 0 aliphatic carbocycles. The molecule has 136 valence electrons. The van der Waals surface area contributed by atoms with Gasteiger partial charge in [0.05, 0.1) is 10.9 Å². The van der Waals surface area contributed by atoms with Crippen molar-refractivity contribution in [3.05, 3.63) is 16.5 Å². The molecule has 0 amide bonds. The van der Waals surface area contributed by atoms with Gasteiger partial charge in [-0.3, -0.25) is 4.90 Å². The van der Waals surface area contributed by atoms with Gasteiger partial charge in [-0.1, -0.05) is 11.6 Å². The summed E-state index contributed by atoms with van der Waals surface area (Å²) < 4.78 is 33.0. The van der Waals surface area contributed by atoms with E-state index in [1.807, 2.05) is 0 Å². The molecule has 0 spiro atoms. The van der Waals surface area contributed by atoms with Crippen LogP contribution in [0.5, 0.6) is 0 Å². The van der Waals surface area contributed by atoms with Gasteiger partial charge < -0.3 is 10.1 Å². The quantitative estimate of drug-likeness (QED) is 0.687. The predicted octanol–water partition coefficient (Wildman–Crippen LogP) is 1.52. The number of likely N-dealkylation sites (tertiary alicyclic amines) is 1. The summed E-state index contributed by atoms with van der Waals surface area (Å²) >= 11 is 6.86. The number of piperidine rings is 1. The number of sulfonamides is 1. The van der Waals surface area contributed by atoms with Crippen molar-refractivity contribution in [1.29, 1.82) is 0 Å². The normalized spacial score (nSPS) is 23.8. The first-order valence-electron chi connectivity index (χ1n) is 8.35. The van der Waals surface area contributed by atoms with Crippen molar-refractivity contribution in [1.82, 2.24) is 14.9 Å². The molecule has 24 heavy (non-hydrogen) atoms.